The first-order valence-corrected chi connectivity index (χ1v) is 16.5. The van der Waals surface area contributed by atoms with Crippen molar-refractivity contribution >= 4 is 29.0 Å². The lowest BCUT2D eigenvalue weighted by Gasteiger charge is -2.34. The second-order valence-electron chi connectivity index (χ2n) is 13.5. The van der Waals surface area contributed by atoms with Crippen LogP contribution in [0.5, 0.6) is 11.5 Å². The van der Waals surface area contributed by atoms with Crippen molar-refractivity contribution in [1.29, 1.82) is 5.26 Å². The molecule has 48 heavy (non-hydrogen) atoms. The number of rotatable bonds is 9. The minimum Gasteiger partial charge on any atom is -0.490 e. The van der Waals surface area contributed by atoms with Gasteiger partial charge in [0.2, 0.25) is 5.91 Å². The standard InChI is InChI=1S/C36H45N5O7/c1-36(2,3)48-35(44)40-18-16-29(17-19-40)47-28-13-11-27(12-14-28)46-23-32-38-30-20-24(21-37)6-15-31(30)41(32)22-33(42)39(4)26-9-7-25(8-10-26)34(43)45-5/h6,11-15,20,25-26,29H,7-10,16-19,22-23H2,1-5H3/t25-,26-. The number of likely N-dealkylation sites (N-methyl/N-ethyl adjacent to an activating group) is 1. The molecule has 2 amide bonds. The number of likely N-dealkylation sites (tertiary alicyclic amines) is 1. The van der Waals surface area contributed by atoms with Crippen LogP contribution in [-0.2, 0) is 32.2 Å². The van der Waals surface area contributed by atoms with Crippen molar-refractivity contribution < 1.29 is 33.3 Å². The average Bonchev–Trinajstić information content (AvgIpc) is 3.42. The van der Waals surface area contributed by atoms with E-state index in [2.05, 4.69) is 6.07 Å². The number of nitrogens with zero attached hydrogens (tertiary/aromatic N) is 5. The Morgan fingerprint density at radius 1 is 0.979 bits per heavy atom. The van der Waals surface area contributed by atoms with E-state index < -0.39 is 5.60 Å². The van der Waals surface area contributed by atoms with E-state index in [1.165, 1.54) is 7.11 Å². The molecule has 0 N–H and O–H groups in total. The van der Waals surface area contributed by atoms with E-state index in [0.717, 1.165) is 18.4 Å². The fraction of sp³-hybridized carbons (Fsp3) is 0.528. The van der Waals surface area contributed by atoms with Gasteiger partial charge in [0.05, 0.1) is 35.7 Å². The van der Waals surface area contributed by atoms with Gasteiger partial charge in [-0.15, -0.1) is 0 Å². The second kappa shape index (κ2) is 15.0. The zero-order chi connectivity index (χ0) is 34.4. The highest BCUT2D eigenvalue weighted by Crippen LogP contribution is 2.29. The molecule has 0 atom stereocenters. The molecule has 0 radical (unpaired) electrons. The Labute approximate surface area is 281 Å². The van der Waals surface area contributed by atoms with E-state index in [0.29, 0.717) is 67.2 Å². The topological polar surface area (TPSA) is 136 Å². The molecule has 2 fully saturated rings. The minimum absolute atomic E-state index is 0.00721. The third-order valence-corrected chi connectivity index (χ3v) is 9.01. The molecular weight excluding hydrogens is 614 g/mol. The van der Waals surface area contributed by atoms with Gasteiger partial charge in [0, 0.05) is 39.0 Å². The number of amides is 2. The number of methoxy groups -OCH3 is 1. The maximum atomic E-state index is 13.5. The summed E-state index contributed by atoms with van der Waals surface area (Å²) in [6.45, 7) is 6.91. The van der Waals surface area contributed by atoms with Crippen LogP contribution in [0.15, 0.2) is 42.5 Å². The lowest BCUT2D eigenvalue weighted by molar-refractivity contribution is -0.147. The van der Waals surface area contributed by atoms with Crippen LogP contribution in [0.1, 0.15) is 70.7 Å². The summed E-state index contributed by atoms with van der Waals surface area (Å²) in [5.41, 5.74) is 1.31. The molecule has 256 valence electrons. The molecule has 1 saturated heterocycles. The van der Waals surface area contributed by atoms with Crippen molar-refractivity contribution in [3.8, 4) is 17.6 Å². The molecule has 3 aromatic rings. The van der Waals surface area contributed by atoms with Crippen LogP contribution in [0, 0.1) is 17.2 Å². The molecule has 1 aromatic heterocycles. The number of ether oxygens (including phenoxy) is 4. The quantitative estimate of drug-likeness (QED) is 0.275. The summed E-state index contributed by atoms with van der Waals surface area (Å²) in [5, 5.41) is 9.42. The lowest BCUT2D eigenvalue weighted by atomic mass is 9.85. The number of benzene rings is 2. The summed E-state index contributed by atoms with van der Waals surface area (Å²) in [5.74, 6) is 1.52. The molecule has 2 aliphatic rings. The lowest BCUT2D eigenvalue weighted by Crippen LogP contribution is -2.44. The Balaban J connectivity index is 1.19. The van der Waals surface area contributed by atoms with Crippen LogP contribution in [0.2, 0.25) is 0 Å². The monoisotopic (exact) mass is 659 g/mol. The van der Waals surface area contributed by atoms with Gasteiger partial charge in [-0.3, -0.25) is 9.59 Å². The maximum absolute atomic E-state index is 13.5. The number of hydrogen-bond acceptors (Lipinski definition) is 9. The molecule has 12 nitrogen and oxygen atoms in total. The Bertz CT molecular complexity index is 1640. The number of imidazole rings is 1. The first-order valence-electron chi connectivity index (χ1n) is 16.5. The molecule has 5 rings (SSSR count). The predicted molar refractivity (Wildman–Crippen MR) is 177 cm³/mol. The predicted octanol–water partition coefficient (Wildman–Crippen LogP) is 5.46. The van der Waals surface area contributed by atoms with E-state index >= 15 is 0 Å². The normalized spacial score (nSPS) is 18.5. The van der Waals surface area contributed by atoms with Gasteiger partial charge in [0.25, 0.3) is 0 Å². The molecule has 12 heteroatoms. The van der Waals surface area contributed by atoms with Crippen molar-refractivity contribution in [1.82, 2.24) is 19.4 Å². The maximum Gasteiger partial charge on any atom is 0.410 e. The van der Waals surface area contributed by atoms with Crippen LogP contribution in [0.3, 0.4) is 0 Å². The average molecular weight is 660 g/mol. The number of esters is 1. The van der Waals surface area contributed by atoms with Crippen molar-refractivity contribution in [2.45, 2.75) is 90.2 Å². The van der Waals surface area contributed by atoms with E-state index in [1.807, 2.05) is 62.7 Å². The van der Waals surface area contributed by atoms with Crippen LogP contribution in [0.25, 0.3) is 11.0 Å². The highest BCUT2D eigenvalue weighted by molar-refractivity contribution is 5.82. The third-order valence-electron chi connectivity index (χ3n) is 9.01. The molecule has 2 aromatic carbocycles. The molecule has 0 spiro atoms. The number of carbonyl (C=O) groups excluding carboxylic acids is 3. The van der Waals surface area contributed by atoms with Gasteiger partial charge in [-0.2, -0.15) is 5.26 Å². The van der Waals surface area contributed by atoms with Crippen LogP contribution in [0.4, 0.5) is 4.79 Å². The zero-order valence-electron chi connectivity index (χ0n) is 28.4. The van der Waals surface area contributed by atoms with Crippen molar-refractivity contribution in [2.75, 3.05) is 27.2 Å². The third kappa shape index (κ3) is 8.56. The Morgan fingerprint density at radius 3 is 2.27 bits per heavy atom. The highest BCUT2D eigenvalue weighted by Gasteiger charge is 2.31. The van der Waals surface area contributed by atoms with E-state index in [-0.39, 0.29) is 49.2 Å². The summed E-state index contributed by atoms with van der Waals surface area (Å²) in [7, 11) is 3.22. The van der Waals surface area contributed by atoms with Crippen molar-refractivity contribution in [3.05, 3.63) is 53.9 Å². The SMILES string of the molecule is COC(=O)[C@H]1CC[C@H](N(C)C(=O)Cn2c(COc3ccc(OC4CCN(C(=O)OC(C)(C)C)CC4)cc3)nc3cc(C#N)ccc32)CC1. The van der Waals surface area contributed by atoms with Crippen LogP contribution >= 0.6 is 0 Å². The van der Waals surface area contributed by atoms with Gasteiger partial charge >= 0.3 is 12.1 Å². The minimum atomic E-state index is -0.524. The summed E-state index contributed by atoms with van der Waals surface area (Å²) >= 11 is 0. The molecule has 0 unspecified atom stereocenters. The van der Waals surface area contributed by atoms with E-state index in [4.69, 9.17) is 23.9 Å². The second-order valence-corrected chi connectivity index (χ2v) is 13.5. The summed E-state index contributed by atoms with van der Waals surface area (Å²) < 4.78 is 24.5. The highest BCUT2D eigenvalue weighted by atomic mass is 16.6. The molecule has 1 aliphatic carbocycles. The largest absolute Gasteiger partial charge is 0.490 e. The fourth-order valence-electron chi connectivity index (χ4n) is 6.29. The number of piperidine rings is 1. The fourth-order valence-corrected chi connectivity index (χ4v) is 6.29. The van der Waals surface area contributed by atoms with Gasteiger partial charge in [0.15, 0.2) is 0 Å². The van der Waals surface area contributed by atoms with Gasteiger partial charge < -0.3 is 33.3 Å². The molecule has 0 bridgehead atoms. The zero-order valence-corrected chi connectivity index (χ0v) is 28.4. The van der Waals surface area contributed by atoms with Gasteiger partial charge in [-0.05, 0) is 88.9 Å². The van der Waals surface area contributed by atoms with Crippen molar-refractivity contribution in [2.24, 2.45) is 5.92 Å². The summed E-state index contributed by atoms with van der Waals surface area (Å²) in [6, 6.07) is 14.8. The van der Waals surface area contributed by atoms with Crippen LogP contribution < -0.4 is 9.47 Å². The smallest absolute Gasteiger partial charge is 0.410 e. The Kier molecular flexibility index (Phi) is 10.8. The Hall–Kier alpha value is -4.79. The Morgan fingerprint density at radius 2 is 1.65 bits per heavy atom. The van der Waals surface area contributed by atoms with Crippen molar-refractivity contribution in [3.63, 3.8) is 0 Å². The molecule has 1 aliphatic heterocycles. The van der Waals surface area contributed by atoms with E-state index in [9.17, 15) is 19.6 Å². The van der Waals surface area contributed by atoms with Gasteiger partial charge in [-0.25, -0.2) is 9.78 Å². The summed E-state index contributed by atoms with van der Waals surface area (Å²) in [6.07, 6.45) is 3.97. The number of fused-ring (bicyclic) bond motifs is 1. The number of aromatic nitrogens is 2. The molecule has 2 heterocycles. The van der Waals surface area contributed by atoms with Crippen LogP contribution in [-0.4, -0.2) is 82.3 Å². The number of nitriles is 1. The first-order chi connectivity index (χ1) is 22.9. The van der Waals surface area contributed by atoms with E-state index in [1.54, 1.807) is 21.9 Å². The first kappa shape index (κ1) is 34.5. The van der Waals surface area contributed by atoms with Gasteiger partial charge in [-0.1, -0.05) is 0 Å². The number of hydrogen-bond donors (Lipinski definition) is 0. The molecule has 1 saturated carbocycles. The summed E-state index contributed by atoms with van der Waals surface area (Å²) in [4.78, 5) is 46.1. The van der Waals surface area contributed by atoms with Gasteiger partial charge in [0.1, 0.15) is 42.2 Å². The number of carbonyl (C=O) groups is 3. The molecular formula is C36H45N5O7.